The van der Waals surface area contributed by atoms with Gasteiger partial charge in [-0.25, -0.2) is 15.8 Å². The van der Waals surface area contributed by atoms with Crippen molar-refractivity contribution in [3.8, 4) is 0 Å². The summed E-state index contributed by atoms with van der Waals surface area (Å²) < 4.78 is 118. The van der Waals surface area contributed by atoms with Crippen LogP contribution in [-0.2, 0) is 58.5 Å². The van der Waals surface area contributed by atoms with Crippen LogP contribution in [0, 0.1) is 0 Å². The van der Waals surface area contributed by atoms with Crippen molar-refractivity contribution in [1.82, 2.24) is 29.9 Å². The van der Waals surface area contributed by atoms with Gasteiger partial charge in [0.1, 0.15) is 9.79 Å². The Balaban J connectivity index is 1.30. The molecule has 36 heteroatoms. The molecule has 6 aromatic rings. The van der Waals surface area contributed by atoms with Crippen molar-refractivity contribution in [2.75, 3.05) is 31.9 Å². The van der Waals surface area contributed by atoms with Crippen molar-refractivity contribution in [3.63, 3.8) is 0 Å². The molecule has 0 saturated carbocycles. The van der Waals surface area contributed by atoms with Gasteiger partial charge in [-0.2, -0.15) is 55.2 Å². The normalized spacial score (nSPS) is 12.1. The molecule has 0 unspecified atom stereocenters. The highest BCUT2D eigenvalue weighted by Crippen LogP contribution is 2.35. The van der Waals surface area contributed by atoms with Gasteiger partial charge in [0, 0.05) is 33.2 Å². The second-order valence-electron chi connectivity index (χ2n) is 15.0. The highest BCUT2D eigenvalue weighted by Gasteiger charge is 2.21. The lowest BCUT2D eigenvalue weighted by Gasteiger charge is -2.15. The summed E-state index contributed by atoms with van der Waals surface area (Å²) in [4.78, 5) is 24.9. The maximum Gasteiger partial charge on any atom is 0.296 e. The maximum atomic E-state index is 12.8. The van der Waals surface area contributed by atoms with E-state index in [1.54, 1.807) is 39.8 Å². The molecule has 396 valence electrons. The number of rotatable bonds is 26. The van der Waals surface area contributed by atoms with Gasteiger partial charge in [0.15, 0.2) is 0 Å². The van der Waals surface area contributed by atoms with E-state index in [1.165, 1.54) is 48.6 Å². The fourth-order valence-corrected chi connectivity index (χ4v) is 9.16. The molecule has 74 heavy (non-hydrogen) atoms. The number of aromatic nitrogens is 6. The van der Waals surface area contributed by atoms with Crippen LogP contribution in [0.2, 0.25) is 0 Å². The van der Waals surface area contributed by atoms with Crippen molar-refractivity contribution < 1.29 is 82.8 Å². The number of anilines is 10. The maximum absolute atomic E-state index is 12.8. The Morgan fingerprint density at radius 3 is 1.47 bits per heavy atom. The average molecular weight is 1150 g/mol. The van der Waals surface area contributed by atoms with Crippen LogP contribution in [-0.4, -0.2) is 96.7 Å². The number of nitrogens with zero attached hydrogens (tertiary/aromatic N) is 6. The van der Waals surface area contributed by atoms with Crippen LogP contribution >= 0.6 is 36.1 Å². The third-order valence-electron chi connectivity index (χ3n) is 8.81. The Labute approximate surface area is 432 Å². The smallest absolute Gasteiger partial charge is 0.296 e. The molecule has 0 bridgehead atoms. The molecular formula is C38H40N12O18S6. The largest absolute Gasteiger partial charge is 0.352 e. The number of hydrogen-bond donors (Lipinski definition) is 12. The fraction of sp³-hybridized carbons (Fsp3) is 0.158. The molecule has 2 aromatic heterocycles. The third-order valence-corrected chi connectivity index (χ3v) is 13.4. The lowest BCUT2D eigenvalue weighted by molar-refractivity contribution is -0.432. The molecule has 12 N–H and O–H groups in total. The monoisotopic (exact) mass is 1140 g/mol. The lowest BCUT2D eigenvalue weighted by atomic mass is 10.1. The molecule has 0 atom stereocenters. The minimum absolute atomic E-state index is 0.00477. The van der Waals surface area contributed by atoms with Gasteiger partial charge < -0.3 is 31.9 Å². The first-order valence-electron chi connectivity index (χ1n) is 20.3. The van der Waals surface area contributed by atoms with Gasteiger partial charge in [0.05, 0.1) is 57.3 Å². The second-order valence-corrected chi connectivity index (χ2v) is 21.4. The molecule has 4 aromatic carbocycles. The first kappa shape index (κ1) is 57.1. The van der Waals surface area contributed by atoms with Crippen LogP contribution in [0.5, 0.6) is 0 Å². The van der Waals surface area contributed by atoms with E-state index in [2.05, 4.69) is 85.6 Å². The molecule has 6 rings (SSSR count). The van der Waals surface area contributed by atoms with E-state index >= 15 is 0 Å². The van der Waals surface area contributed by atoms with E-state index in [0.29, 0.717) is 47.4 Å². The second kappa shape index (κ2) is 25.4. The highest BCUT2D eigenvalue weighted by molar-refractivity contribution is 7.95. The number of nitrogens with one attached hydrogen (secondary N) is 6. The number of benzene rings is 4. The summed E-state index contributed by atoms with van der Waals surface area (Å²) in [6, 6.07) is 14.9. The third kappa shape index (κ3) is 16.7. The molecule has 0 spiro atoms. The predicted molar refractivity (Wildman–Crippen MR) is 266 cm³/mol. The van der Waals surface area contributed by atoms with E-state index in [-0.39, 0.29) is 85.1 Å². The Hall–Kier alpha value is -6.14. The van der Waals surface area contributed by atoms with E-state index in [9.17, 15) is 38.9 Å². The minimum atomic E-state index is -4.94. The molecule has 0 saturated heterocycles. The average Bonchev–Trinajstić information content (AvgIpc) is 3.30. The summed E-state index contributed by atoms with van der Waals surface area (Å²) in [5.41, 5.74) is 0.447. The summed E-state index contributed by atoms with van der Waals surface area (Å²) >= 11 is 1.51. The van der Waals surface area contributed by atoms with Gasteiger partial charge in [-0.15, -0.1) is 13.0 Å². The molecule has 0 fully saturated rings. The van der Waals surface area contributed by atoms with Crippen molar-refractivity contribution in [2.24, 2.45) is 0 Å². The summed E-state index contributed by atoms with van der Waals surface area (Å²) in [7, 11) is -14.4. The first-order valence-corrected chi connectivity index (χ1v) is 26.8. The van der Waals surface area contributed by atoms with E-state index in [0.717, 1.165) is 24.3 Å². The Morgan fingerprint density at radius 1 is 0.473 bits per heavy atom. The van der Waals surface area contributed by atoms with Gasteiger partial charge in [-0.3, -0.25) is 13.7 Å². The molecule has 0 aliphatic heterocycles. The predicted octanol–water partition coefficient (Wildman–Crippen LogP) is 7.87. The highest BCUT2D eigenvalue weighted by atomic mass is 32.2. The van der Waals surface area contributed by atoms with Crippen LogP contribution in [0.4, 0.5) is 58.4 Å². The minimum Gasteiger partial charge on any atom is -0.352 e. The fourth-order valence-electron chi connectivity index (χ4n) is 5.98. The summed E-state index contributed by atoms with van der Waals surface area (Å²) in [6.45, 7) is 7.17. The quantitative estimate of drug-likeness (QED) is 0.00807. The molecule has 0 aliphatic rings. The Bertz CT molecular complexity index is 3350. The van der Waals surface area contributed by atoms with Gasteiger partial charge in [-0.1, -0.05) is 39.4 Å². The molecule has 0 aliphatic carbocycles. The van der Waals surface area contributed by atoms with E-state index < -0.39 is 45.0 Å². The zero-order valence-corrected chi connectivity index (χ0v) is 42.9. The summed E-state index contributed by atoms with van der Waals surface area (Å²) in [5, 5.41) is 54.7. The summed E-state index contributed by atoms with van der Waals surface area (Å²) in [6.07, 6.45) is 2.80. The SMILES string of the molecule is CC(C)Nc1nc(Nc2ccc(C=Cc3ccc(Nc4nc(Nc5cc(SOOO)ccc5S(=O)(=O)O)nc(NC(C)C)n4)cc3SOOO)c(S(=O)(=O)O)c2)nc(Nc2cc(S(=O)(=O)O)ccc2SOOO)n1. The van der Waals surface area contributed by atoms with Gasteiger partial charge in [-0.05, 0) is 99.5 Å². The van der Waals surface area contributed by atoms with Crippen molar-refractivity contribution in [1.29, 1.82) is 0 Å². The molecular weight excluding hydrogens is 1100 g/mol. The van der Waals surface area contributed by atoms with Gasteiger partial charge in [0.25, 0.3) is 30.4 Å². The summed E-state index contributed by atoms with van der Waals surface area (Å²) in [5.74, 6) is -0.665. The first-order chi connectivity index (χ1) is 35.0. The van der Waals surface area contributed by atoms with E-state index in [4.69, 9.17) is 20.1 Å². The van der Waals surface area contributed by atoms with Gasteiger partial charge >= 0.3 is 0 Å². The molecule has 30 nitrogen and oxygen atoms in total. The van der Waals surface area contributed by atoms with Crippen molar-refractivity contribution >= 4 is 137 Å². The van der Waals surface area contributed by atoms with Gasteiger partial charge in [0.2, 0.25) is 35.7 Å². The standard InChI is InChI=1S/C38H40N12O18S6/c1-19(2)39-33-46-36(49-37(47-33)43-27-18-26(72(54,55)56)12-13-29(27)70-67-64-52)42-24-10-8-22(32(16-24)74(60,61)62)6-5-21-7-9-23(15-30(21)71-68-65-53)41-35-45-34(40-20(3)4)48-38(50-35)44-28-17-25(69-66-63-51)11-14-31(28)73(57,58)59/h5-20,51-53H,1-4H3,(H,54,55,56)(H,57,58,59)(H,60,61,62)(H3,39,42,43,46,47,49)(H3,40,41,44,45,48,50). The van der Waals surface area contributed by atoms with Crippen LogP contribution in [0.15, 0.2) is 102 Å². The van der Waals surface area contributed by atoms with Crippen LogP contribution in [0.3, 0.4) is 0 Å². The number of hydrogen-bond acceptors (Lipinski definition) is 30. The lowest BCUT2D eigenvalue weighted by Crippen LogP contribution is -2.15. The molecule has 2 heterocycles. The zero-order chi connectivity index (χ0) is 53.8. The molecule has 0 radical (unpaired) electrons. The van der Waals surface area contributed by atoms with Crippen LogP contribution in [0.25, 0.3) is 12.2 Å². The Morgan fingerprint density at radius 2 is 0.946 bits per heavy atom. The van der Waals surface area contributed by atoms with Crippen LogP contribution < -0.4 is 31.9 Å². The Kier molecular flexibility index (Phi) is 19.6. The van der Waals surface area contributed by atoms with Crippen molar-refractivity contribution in [3.05, 3.63) is 83.9 Å². The topological polar surface area (TPSA) is 429 Å². The van der Waals surface area contributed by atoms with Crippen LogP contribution in [0.1, 0.15) is 38.8 Å². The van der Waals surface area contributed by atoms with E-state index in [1.807, 2.05) is 0 Å². The van der Waals surface area contributed by atoms with Crippen molar-refractivity contribution in [2.45, 2.75) is 69.2 Å². The molecule has 0 amide bonds. The zero-order valence-electron chi connectivity index (χ0n) is 38.0.